The molecule has 2 aliphatic heterocycles. The highest BCUT2D eigenvalue weighted by Gasteiger charge is 2.41. The third kappa shape index (κ3) is 4.58. The van der Waals surface area contributed by atoms with Crippen molar-refractivity contribution in [3.63, 3.8) is 0 Å². The zero-order valence-corrected chi connectivity index (χ0v) is 22.3. The van der Waals surface area contributed by atoms with E-state index in [1.54, 1.807) is 24.3 Å². The van der Waals surface area contributed by atoms with Crippen LogP contribution in [0.4, 0.5) is 0 Å². The number of halogens is 1. The Morgan fingerprint density at radius 3 is 2.80 bits per heavy atom. The third-order valence-corrected chi connectivity index (χ3v) is 11.0. The Morgan fingerprint density at radius 1 is 1.23 bits per heavy atom. The lowest BCUT2D eigenvalue weighted by atomic mass is 10.1. The van der Waals surface area contributed by atoms with Crippen molar-refractivity contribution >= 4 is 66.2 Å². The second-order valence-electron chi connectivity index (χ2n) is 8.61. The zero-order valence-electron chi connectivity index (χ0n) is 19.1. The third-order valence-electron chi connectivity index (χ3n) is 6.28. The van der Waals surface area contributed by atoms with E-state index in [0.717, 1.165) is 38.4 Å². The number of fused-ring (bicyclic) bond motifs is 2. The van der Waals surface area contributed by atoms with Crippen molar-refractivity contribution in [2.75, 3.05) is 26.7 Å². The van der Waals surface area contributed by atoms with Gasteiger partial charge in [-0.1, -0.05) is 17.7 Å². The lowest BCUT2D eigenvalue weighted by Gasteiger charge is -2.39. The van der Waals surface area contributed by atoms with Gasteiger partial charge >= 0.3 is 0 Å². The first-order valence-corrected chi connectivity index (χ1v) is 14.6. The summed E-state index contributed by atoms with van der Waals surface area (Å²) in [6, 6.07) is 6.16. The van der Waals surface area contributed by atoms with E-state index in [0.29, 0.717) is 16.6 Å². The summed E-state index contributed by atoms with van der Waals surface area (Å²) >= 11 is 8.52. The molecule has 1 saturated heterocycles. The number of rotatable bonds is 4. The number of benzene rings is 1. The molecular weight excluding hydrogens is 530 g/mol. The van der Waals surface area contributed by atoms with Crippen molar-refractivity contribution in [2.24, 2.45) is 0 Å². The van der Waals surface area contributed by atoms with Gasteiger partial charge in [-0.15, -0.1) is 22.7 Å². The molecule has 2 aliphatic rings. The molecule has 0 bridgehead atoms. The number of nitrogens with zero attached hydrogens (tertiary/aromatic N) is 3. The first-order chi connectivity index (χ1) is 16.7. The zero-order chi connectivity index (χ0) is 24.9. The summed E-state index contributed by atoms with van der Waals surface area (Å²) in [5.74, 6) is -0.766. The highest BCUT2D eigenvalue weighted by atomic mass is 35.5. The van der Waals surface area contributed by atoms with Gasteiger partial charge in [0.2, 0.25) is 5.91 Å². The molecular formula is C22H24ClN5O4S3. The molecule has 35 heavy (non-hydrogen) atoms. The molecule has 1 fully saturated rings. The number of nitrogens with one attached hydrogen (secondary N) is 2. The Kier molecular flexibility index (Phi) is 6.62. The van der Waals surface area contributed by atoms with E-state index < -0.39 is 22.0 Å². The molecule has 3 aromatic rings. The van der Waals surface area contributed by atoms with E-state index in [-0.39, 0.29) is 35.8 Å². The van der Waals surface area contributed by atoms with Gasteiger partial charge in [-0.3, -0.25) is 9.59 Å². The maximum atomic E-state index is 13.5. The van der Waals surface area contributed by atoms with E-state index in [1.807, 2.05) is 0 Å². The summed E-state index contributed by atoms with van der Waals surface area (Å²) in [5, 5.41) is 7.58. The number of piperazine rings is 1. The van der Waals surface area contributed by atoms with Crippen molar-refractivity contribution in [1.29, 1.82) is 0 Å². The van der Waals surface area contributed by atoms with Crippen LogP contribution in [-0.4, -0.2) is 73.2 Å². The molecule has 5 rings (SSSR count). The maximum Gasteiger partial charge on any atom is 0.283 e. The summed E-state index contributed by atoms with van der Waals surface area (Å²) in [5.41, 5.74) is 0.909. The monoisotopic (exact) mass is 553 g/mol. The number of aromatic nitrogens is 1. The number of carbonyl (C=O) groups excluding carboxylic acids is 2. The SMILES string of the molecule is CNC(=O)C1CN(S(=O)(=O)c2cc3ccc(Cl)cc3s2)CCN1C(=O)c1nc2c(s1)CNC(C)C2. The Balaban J connectivity index is 1.40. The smallest absolute Gasteiger partial charge is 0.283 e. The normalized spacial score (nSPS) is 21.2. The average molecular weight is 554 g/mol. The molecule has 2 atom stereocenters. The van der Waals surface area contributed by atoms with E-state index in [2.05, 4.69) is 22.5 Å². The Morgan fingerprint density at radius 2 is 2.03 bits per heavy atom. The highest BCUT2D eigenvalue weighted by Crippen LogP contribution is 2.34. The summed E-state index contributed by atoms with van der Waals surface area (Å²) in [7, 11) is -2.39. The molecule has 9 nitrogen and oxygen atoms in total. The summed E-state index contributed by atoms with van der Waals surface area (Å²) in [4.78, 5) is 33.2. The van der Waals surface area contributed by atoms with E-state index in [9.17, 15) is 18.0 Å². The quantitative estimate of drug-likeness (QED) is 0.513. The molecule has 0 spiro atoms. The molecule has 2 unspecified atom stereocenters. The van der Waals surface area contributed by atoms with Crippen molar-refractivity contribution < 1.29 is 18.0 Å². The molecule has 0 saturated carbocycles. The van der Waals surface area contributed by atoms with Gasteiger partial charge in [-0.2, -0.15) is 4.31 Å². The second kappa shape index (κ2) is 9.41. The van der Waals surface area contributed by atoms with Crippen LogP contribution in [0.5, 0.6) is 0 Å². The molecule has 186 valence electrons. The number of sulfonamides is 1. The van der Waals surface area contributed by atoms with E-state index in [1.165, 1.54) is 27.6 Å². The van der Waals surface area contributed by atoms with Gasteiger partial charge in [0.05, 0.1) is 5.69 Å². The van der Waals surface area contributed by atoms with Crippen molar-refractivity contribution in [1.82, 2.24) is 24.8 Å². The molecule has 4 heterocycles. The standard InChI is InChI=1S/C22H24ClN5O4S3/c1-12-7-15-18(10-25-12)34-21(26-15)22(30)28-6-5-27(11-16(28)20(29)24-2)35(31,32)19-8-13-3-4-14(23)9-17(13)33-19/h3-4,8-9,12,16,25H,5-7,10-11H2,1-2H3,(H,24,29). The number of likely N-dealkylation sites (N-methyl/N-ethyl adjacent to an activating group) is 1. The van der Waals surface area contributed by atoms with Gasteiger partial charge in [0, 0.05) is 60.3 Å². The largest absolute Gasteiger partial charge is 0.357 e. The van der Waals surface area contributed by atoms with Crippen LogP contribution in [0, 0.1) is 0 Å². The minimum atomic E-state index is -3.86. The van der Waals surface area contributed by atoms with Crippen molar-refractivity contribution in [3.05, 3.63) is 44.9 Å². The maximum absolute atomic E-state index is 13.5. The Bertz CT molecular complexity index is 1420. The number of amides is 2. The van der Waals surface area contributed by atoms with Crippen LogP contribution in [0.1, 0.15) is 27.3 Å². The lowest BCUT2D eigenvalue weighted by Crippen LogP contribution is -2.61. The fourth-order valence-electron chi connectivity index (χ4n) is 4.37. The number of hydrogen-bond donors (Lipinski definition) is 2. The van der Waals surface area contributed by atoms with Crippen LogP contribution >= 0.6 is 34.3 Å². The van der Waals surface area contributed by atoms with Crippen LogP contribution in [0.3, 0.4) is 0 Å². The molecule has 1 aromatic carbocycles. The fourth-order valence-corrected chi connectivity index (χ4v) is 8.63. The first kappa shape index (κ1) is 24.6. The molecule has 2 aromatic heterocycles. The molecule has 13 heteroatoms. The van der Waals surface area contributed by atoms with Gasteiger partial charge < -0.3 is 15.5 Å². The molecule has 0 aliphatic carbocycles. The predicted molar refractivity (Wildman–Crippen MR) is 137 cm³/mol. The lowest BCUT2D eigenvalue weighted by molar-refractivity contribution is -0.126. The van der Waals surface area contributed by atoms with Crippen LogP contribution in [0.15, 0.2) is 28.5 Å². The van der Waals surface area contributed by atoms with Crippen molar-refractivity contribution in [2.45, 2.75) is 36.2 Å². The summed E-state index contributed by atoms with van der Waals surface area (Å²) in [6.07, 6.45) is 0.740. The summed E-state index contributed by atoms with van der Waals surface area (Å²) < 4.78 is 29.1. The van der Waals surface area contributed by atoms with Gasteiger partial charge in [0.1, 0.15) is 10.3 Å². The number of thiazole rings is 1. The van der Waals surface area contributed by atoms with Crippen LogP contribution < -0.4 is 10.6 Å². The topological polar surface area (TPSA) is 112 Å². The molecule has 2 N–H and O–H groups in total. The van der Waals surface area contributed by atoms with Gasteiger partial charge in [-0.25, -0.2) is 13.4 Å². The Labute approximate surface area is 216 Å². The minimum Gasteiger partial charge on any atom is -0.357 e. The van der Waals surface area contributed by atoms with Crippen LogP contribution in [0.25, 0.3) is 10.1 Å². The highest BCUT2D eigenvalue weighted by molar-refractivity contribution is 7.91. The number of hydrogen-bond acceptors (Lipinski definition) is 8. The fraction of sp³-hybridized carbons (Fsp3) is 0.409. The first-order valence-electron chi connectivity index (χ1n) is 11.1. The van der Waals surface area contributed by atoms with E-state index >= 15 is 0 Å². The van der Waals surface area contributed by atoms with Gasteiger partial charge in [0.15, 0.2) is 5.01 Å². The van der Waals surface area contributed by atoms with Gasteiger partial charge in [-0.05, 0) is 30.5 Å². The predicted octanol–water partition coefficient (Wildman–Crippen LogP) is 2.31. The number of carbonyl (C=O) groups is 2. The molecule has 0 radical (unpaired) electrons. The second-order valence-corrected chi connectivity index (χ2v) is 13.4. The number of thiophene rings is 1. The summed E-state index contributed by atoms with van der Waals surface area (Å²) in [6.45, 7) is 2.77. The minimum absolute atomic E-state index is 0.0836. The van der Waals surface area contributed by atoms with E-state index in [4.69, 9.17) is 11.6 Å². The van der Waals surface area contributed by atoms with Crippen LogP contribution in [-0.2, 0) is 27.8 Å². The van der Waals surface area contributed by atoms with Crippen molar-refractivity contribution in [3.8, 4) is 0 Å². The van der Waals surface area contributed by atoms with Crippen LogP contribution in [0.2, 0.25) is 5.02 Å². The Hall–Kier alpha value is -2.09. The van der Waals surface area contributed by atoms with Gasteiger partial charge in [0.25, 0.3) is 15.9 Å². The average Bonchev–Trinajstić information content (AvgIpc) is 3.46. The molecule has 2 amide bonds.